The molecule has 0 saturated carbocycles. The number of hydrogen-bond acceptors (Lipinski definition) is 8. The molecule has 1 saturated heterocycles. The minimum absolute atomic E-state index is 0.0917. The average molecular weight is 528 g/mol. The lowest BCUT2D eigenvalue weighted by atomic mass is 10.1. The summed E-state index contributed by atoms with van der Waals surface area (Å²) < 4.78 is 18.1. The number of fused-ring (bicyclic) bond motifs is 5. The van der Waals surface area contributed by atoms with Crippen molar-refractivity contribution < 1.29 is 19.0 Å². The van der Waals surface area contributed by atoms with Crippen LogP contribution in [0.5, 0.6) is 17.2 Å². The number of anilines is 1. The molecule has 1 fully saturated rings. The summed E-state index contributed by atoms with van der Waals surface area (Å²) in [6, 6.07) is 17.5. The standard InChI is InChI=1S/C30H33N5O4/c1-19-10-20(2)32-30(24(19)13-31)35-15-25-28(16-35)38-18-22-6-5-7-23(11-22)39-27-12-21(8-9-26(27)37-4)14-34(3)17-29(36)33-25/h5-12,25,28H,14-18H2,1-4H3,(H,33,36)/t25-,28-/m0/s1. The third-order valence-electron chi connectivity index (χ3n) is 7.03. The normalized spacial score (nSPS) is 20.0. The first-order valence-electron chi connectivity index (χ1n) is 13.0. The topological polar surface area (TPSA) is 100.0 Å². The molecule has 39 heavy (non-hydrogen) atoms. The number of benzene rings is 2. The Labute approximate surface area is 228 Å². The molecule has 0 unspecified atom stereocenters. The maximum atomic E-state index is 13.1. The summed E-state index contributed by atoms with van der Waals surface area (Å²) in [5.74, 6) is 2.46. The summed E-state index contributed by atoms with van der Waals surface area (Å²) in [7, 11) is 3.52. The van der Waals surface area contributed by atoms with Crippen molar-refractivity contribution in [1.82, 2.24) is 15.2 Å². The number of hydrogen-bond donors (Lipinski definition) is 1. The third-order valence-corrected chi connectivity index (χ3v) is 7.03. The summed E-state index contributed by atoms with van der Waals surface area (Å²) in [5, 5.41) is 13.0. The molecule has 1 amide bonds. The van der Waals surface area contributed by atoms with E-state index in [-0.39, 0.29) is 24.6 Å². The smallest absolute Gasteiger partial charge is 0.234 e. The summed E-state index contributed by atoms with van der Waals surface area (Å²) in [6.45, 7) is 5.95. The van der Waals surface area contributed by atoms with Gasteiger partial charge in [0.25, 0.3) is 0 Å². The van der Waals surface area contributed by atoms with Crippen molar-refractivity contribution in [2.24, 2.45) is 0 Å². The number of aromatic nitrogens is 1. The Morgan fingerprint density at radius 3 is 2.74 bits per heavy atom. The van der Waals surface area contributed by atoms with Gasteiger partial charge in [0.1, 0.15) is 17.6 Å². The number of ether oxygens (including phenoxy) is 3. The fourth-order valence-electron chi connectivity index (χ4n) is 5.23. The molecule has 0 aliphatic carbocycles. The van der Waals surface area contributed by atoms with Gasteiger partial charge in [-0.15, -0.1) is 0 Å². The molecule has 2 aliphatic rings. The van der Waals surface area contributed by atoms with E-state index in [2.05, 4.69) is 16.4 Å². The number of nitriles is 1. The van der Waals surface area contributed by atoms with Gasteiger partial charge in [-0.2, -0.15) is 5.26 Å². The molecule has 2 aliphatic heterocycles. The van der Waals surface area contributed by atoms with E-state index < -0.39 is 0 Å². The van der Waals surface area contributed by atoms with Crippen molar-refractivity contribution in [2.45, 2.75) is 39.1 Å². The predicted octanol–water partition coefficient (Wildman–Crippen LogP) is 3.71. The number of amides is 1. The number of rotatable bonds is 2. The summed E-state index contributed by atoms with van der Waals surface area (Å²) in [4.78, 5) is 21.8. The molecule has 1 aromatic heterocycles. The van der Waals surface area contributed by atoms with Gasteiger partial charge in [-0.05, 0) is 67.9 Å². The largest absolute Gasteiger partial charge is 0.493 e. The van der Waals surface area contributed by atoms with E-state index in [1.165, 1.54) is 0 Å². The maximum Gasteiger partial charge on any atom is 0.234 e. The van der Waals surface area contributed by atoms with Crippen molar-refractivity contribution in [2.75, 3.05) is 38.7 Å². The molecule has 9 heteroatoms. The first kappa shape index (κ1) is 26.5. The highest BCUT2D eigenvalue weighted by Gasteiger charge is 2.36. The molecule has 1 N–H and O–H groups in total. The van der Waals surface area contributed by atoms with Crippen molar-refractivity contribution in [1.29, 1.82) is 5.26 Å². The van der Waals surface area contributed by atoms with Crippen LogP contribution in [-0.4, -0.2) is 61.7 Å². The number of nitrogens with zero attached hydrogens (tertiary/aromatic N) is 4. The van der Waals surface area contributed by atoms with E-state index in [9.17, 15) is 10.1 Å². The minimum Gasteiger partial charge on any atom is -0.493 e. The van der Waals surface area contributed by atoms with Gasteiger partial charge < -0.3 is 24.4 Å². The van der Waals surface area contributed by atoms with Gasteiger partial charge in [0.15, 0.2) is 11.5 Å². The third kappa shape index (κ3) is 5.98. The van der Waals surface area contributed by atoms with Gasteiger partial charge in [0, 0.05) is 25.3 Å². The molecule has 5 rings (SSSR count). The molecule has 202 valence electrons. The predicted molar refractivity (Wildman–Crippen MR) is 147 cm³/mol. The van der Waals surface area contributed by atoms with Crippen LogP contribution in [0.2, 0.25) is 0 Å². The van der Waals surface area contributed by atoms with Crippen LogP contribution in [0, 0.1) is 25.2 Å². The Morgan fingerprint density at radius 2 is 1.95 bits per heavy atom. The molecular formula is C30H33N5O4. The highest BCUT2D eigenvalue weighted by atomic mass is 16.5. The fraction of sp³-hybridized carbons (Fsp3) is 0.367. The van der Waals surface area contributed by atoms with E-state index in [1.807, 2.05) is 79.2 Å². The van der Waals surface area contributed by atoms with Gasteiger partial charge in [-0.25, -0.2) is 4.98 Å². The zero-order valence-corrected chi connectivity index (χ0v) is 22.7. The van der Waals surface area contributed by atoms with Crippen molar-refractivity contribution >= 4 is 11.7 Å². The molecule has 4 bridgehead atoms. The van der Waals surface area contributed by atoms with E-state index in [1.54, 1.807) is 7.11 Å². The number of nitrogens with one attached hydrogen (secondary N) is 1. The number of methoxy groups -OCH3 is 1. The lowest BCUT2D eigenvalue weighted by molar-refractivity contribution is -0.123. The highest BCUT2D eigenvalue weighted by molar-refractivity contribution is 5.78. The lowest BCUT2D eigenvalue weighted by Crippen LogP contribution is -2.47. The van der Waals surface area contributed by atoms with Crippen LogP contribution in [0.25, 0.3) is 0 Å². The summed E-state index contributed by atoms with van der Waals surface area (Å²) in [5.41, 5.74) is 4.22. The second kappa shape index (κ2) is 11.3. The zero-order chi connectivity index (χ0) is 27.5. The van der Waals surface area contributed by atoms with E-state index in [0.717, 1.165) is 22.4 Å². The minimum atomic E-state index is -0.293. The van der Waals surface area contributed by atoms with Crippen LogP contribution < -0.4 is 19.7 Å². The Hall–Kier alpha value is -4.13. The second-order valence-electron chi connectivity index (χ2n) is 10.2. The Balaban J connectivity index is 1.45. The highest BCUT2D eigenvalue weighted by Crippen LogP contribution is 2.33. The van der Waals surface area contributed by atoms with Gasteiger partial charge in [0.05, 0.1) is 38.0 Å². The van der Waals surface area contributed by atoms with Crippen molar-refractivity contribution in [3.05, 3.63) is 76.5 Å². The van der Waals surface area contributed by atoms with E-state index >= 15 is 0 Å². The zero-order valence-electron chi connectivity index (χ0n) is 22.7. The van der Waals surface area contributed by atoms with Gasteiger partial charge in [-0.3, -0.25) is 9.69 Å². The Morgan fingerprint density at radius 1 is 1.10 bits per heavy atom. The van der Waals surface area contributed by atoms with Crippen LogP contribution in [0.3, 0.4) is 0 Å². The average Bonchev–Trinajstić information content (AvgIpc) is 3.29. The van der Waals surface area contributed by atoms with Gasteiger partial charge >= 0.3 is 0 Å². The number of aryl methyl sites for hydroxylation is 2. The Bertz CT molecular complexity index is 1420. The maximum absolute atomic E-state index is 13.1. The number of carbonyl (C=O) groups is 1. The molecular weight excluding hydrogens is 494 g/mol. The van der Waals surface area contributed by atoms with Crippen LogP contribution in [0.1, 0.15) is 27.9 Å². The van der Waals surface area contributed by atoms with Crippen molar-refractivity contribution in [3.8, 4) is 23.3 Å². The molecule has 3 aromatic rings. The SMILES string of the molecule is COc1ccc2cc1Oc1cccc(c1)CO[C@H]1CN(c3nc(C)cc(C)c3C#N)C[C@@H]1NC(=O)CN(C)C2. The Kier molecular flexibility index (Phi) is 7.68. The van der Waals surface area contributed by atoms with Crippen LogP contribution in [0.15, 0.2) is 48.5 Å². The summed E-state index contributed by atoms with van der Waals surface area (Å²) >= 11 is 0. The van der Waals surface area contributed by atoms with Crippen LogP contribution >= 0.6 is 0 Å². The van der Waals surface area contributed by atoms with Gasteiger partial charge in [-0.1, -0.05) is 18.2 Å². The molecule has 9 nitrogen and oxygen atoms in total. The van der Waals surface area contributed by atoms with Crippen LogP contribution in [-0.2, 0) is 22.7 Å². The lowest BCUT2D eigenvalue weighted by Gasteiger charge is -2.23. The first-order valence-corrected chi connectivity index (χ1v) is 13.0. The summed E-state index contributed by atoms with van der Waals surface area (Å²) in [6.07, 6.45) is -0.293. The molecule has 0 spiro atoms. The van der Waals surface area contributed by atoms with Crippen LogP contribution in [0.4, 0.5) is 5.82 Å². The number of carbonyl (C=O) groups excluding carboxylic acids is 1. The number of pyridine rings is 1. The fourth-order valence-corrected chi connectivity index (χ4v) is 5.23. The van der Waals surface area contributed by atoms with E-state index in [0.29, 0.717) is 54.9 Å². The monoisotopic (exact) mass is 527 g/mol. The molecule has 3 heterocycles. The second-order valence-corrected chi connectivity index (χ2v) is 10.2. The quantitative estimate of drug-likeness (QED) is 0.539. The van der Waals surface area contributed by atoms with Crippen molar-refractivity contribution in [3.63, 3.8) is 0 Å². The first-order chi connectivity index (χ1) is 18.8. The molecule has 0 radical (unpaired) electrons. The molecule has 2 aromatic carbocycles. The number of likely N-dealkylation sites (N-methyl/N-ethyl adjacent to an activating group) is 1. The molecule has 2 atom stereocenters. The van der Waals surface area contributed by atoms with Gasteiger partial charge in [0.2, 0.25) is 5.91 Å². The van der Waals surface area contributed by atoms with E-state index in [4.69, 9.17) is 14.2 Å².